The molecule has 3 aromatic rings. The van der Waals surface area contributed by atoms with Gasteiger partial charge in [-0.2, -0.15) is 5.26 Å². The van der Waals surface area contributed by atoms with E-state index in [4.69, 9.17) is 9.15 Å². The van der Waals surface area contributed by atoms with Gasteiger partial charge < -0.3 is 19.8 Å². The molecule has 33 heavy (non-hydrogen) atoms. The van der Waals surface area contributed by atoms with Gasteiger partial charge >= 0.3 is 6.09 Å². The fourth-order valence-corrected chi connectivity index (χ4v) is 4.87. The Kier molecular flexibility index (Phi) is 7.17. The van der Waals surface area contributed by atoms with E-state index in [9.17, 15) is 14.9 Å². The molecular weight excluding hydrogens is 440 g/mol. The van der Waals surface area contributed by atoms with E-state index in [0.29, 0.717) is 48.6 Å². The smallest absolute Gasteiger partial charge is 0.407 e. The normalized spacial score (nSPS) is 14.9. The molecule has 0 spiro atoms. The fourth-order valence-electron chi connectivity index (χ4n) is 3.61. The van der Waals surface area contributed by atoms with Crippen LogP contribution in [-0.2, 0) is 28.8 Å². The molecule has 1 unspecified atom stereocenters. The van der Waals surface area contributed by atoms with Crippen LogP contribution >= 0.6 is 11.3 Å². The van der Waals surface area contributed by atoms with Crippen molar-refractivity contribution in [2.75, 3.05) is 11.9 Å². The molecule has 0 saturated heterocycles. The average molecular weight is 463 g/mol. The van der Waals surface area contributed by atoms with Crippen LogP contribution in [-0.4, -0.2) is 29.6 Å². The number of fused-ring (bicyclic) bond motifs is 1. The van der Waals surface area contributed by atoms with Crippen LogP contribution < -0.4 is 10.6 Å². The Labute approximate surface area is 194 Å². The molecule has 4 rings (SSSR count). The van der Waals surface area contributed by atoms with E-state index < -0.39 is 6.09 Å². The second kappa shape index (κ2) is 10.6. The summed E-state index contributed by atoms with van der Waals surface area (Å²) in [5, 5.41) is 15.7. The van der Waals surface area contributed by atoms with E-state index in [0.717, 1.165) is 16.0 Å². The molecule has 1 atom stereocenters. The number of ether oxygens (including phenoxy) is 1. The fraction of sp³-hybridized carbons (Fsp3) is 0.250. The maximum Gasteiger partial charge on any atom is 0.407 e. The molecule has 8 nitrogen and oxygen atoms in total. The van der Waals surface area contributed by atoms with Gasteiger partial charge in [0.1, 0.15) is 22.9 Å². The standard InChI is InChI=1S/C24H22N4O4S/c25-14-20-19-7-5-18(32-24(30)27-11-9-16-3-1-10-26-15-16)13-21(19)33-23(20)28-22(29)8-6-17-4-2-12-31-17/h1-4,6,8,10,12,15,18H,5,7,9,11,13H2,(H,27,30)(H,28,29). The van der Waals surface area contributed by atoms with Gasteiger partial charge in [-0.15, -0.1) is 11.3 Å². The first kappa shape index (κ1) is 22.3. The summed E-state index contributed by atoms with van der Waals surface area (Å²) in [7, 11) is 0. The Balaban J connectivity index is 1.31. The van der Waals surface area contributed by atoms with Crippen LogP contribution in [0, 0.1) is 11.3 Å². The highest BCUT2D eigenvalue weighted by atomic mass is 32.1. The molecule has 0 saturated carbocycles. The number of alkyl carbamates (subject to hydrolysis) is 1. The average Bonchev–Trinajstić information content (AvgIpc) is 3.45. The molecule has 1 aliphatic rings. The summed E-state index contributed by atoms with van der Waals surface area (Å²) in [5.74, 6) is 0.220. The van der Waals surface area contributed by atoms with E-state index >= 15 is 0 Å². The summed E-state index contributed by atoms with van der Waals surface area (Å²) in [4.78, 5) is 29.5. The minimum atomic E-state index is -0.457. The van der Waals surface area contributed by atoms with Gasteiger partial charge in [0.05, 0.1) is 11.8 Å². The topological polar surface area (TPSA) is 117 Å². The third-order valence-electron chi connectivity index (χ3n) is 5.19. The number of carbonyl (C=O) groups is 2. The SMILES string of the molecule is N#Cc1c(NC(=O)C=Cc2ccco2)sc2c1CCC(OC(=O)NCCc1cccnc1)C2. The zero-order valence-electron chi connectivity index (χ0n) is 17.7. The number of amides is 2. The summed E-state index contributed by atoms with van der Waals surface area (Å²) >= 11 is 1.35. The molecule has 3 heterocycles. The van der Waals surface area contributed by atoms with Gasteiger partial charge in [-0.05, 0) is 54.7 Å². The lowest BCUT2D eigenvalue weighted by Gasteiger charge is -2.22. The predicted molar refractivity (Wildman–Crippen MR) is 124 cm³/mol. The van der Waals surface area contributed by atoms with Gasteiger partial charge in [0.2, 0.25) is 5.91 Å². The maximum atomic E-state index is 12.3. The lowest BCUT2D eigenvalue weighted by atomic mass is 9.94. The van der Waals surface area contributed by atoms with Gasteiger partial charge in [0.25, 0.3) is 0 Å². The highest BCUT2D eigenvalue weighted by Crippen LogP contribution is 2.38. The first-order valence-electron chi connectivity index (χ1n) is 10.5. The number of nitriles is 1. The summed E-state index contributed by atoms with van der Waals surface area (Å²) < 4.78 is 10.7. The molecule has 0 fully saturated rings. The molecule has 168 valence electrons. The van der Waals surface area contributed by atoms with Crippen LogP contribution in [0.25, 0.3) is 6.08 Å². The summed E-state index contributed by atoms with van der Waals surface area (Å²) in [6.07, 6.45) is 9.62. The van der Waals surface area contributed by atoms with Crippen LogP contribution in [0.3, 0.4) is 0 Å². The van der Waals surface area contributed by atoms with Crippen LogP contribution in [0.1, 0.15) is 33.7 Å². The van der Waals surface area contributed by atoms with Crippen molar-refractivity contribution in [3.63, 3.8) is 0 Å². The first-order valence-corrected chi connectivity index (χ1v) is 11.3. The Morgan fingerprint density at radius 2 is 2.27 bits per heavy atom. The Hall–Kier alpha value is -3.90. The Morgan fingerprint density at radius 1 is 1.36 bits per heavy atom. The van der Waals surface area contributed by atoms with Crippen LogP contribution in [0.2, 0.25) is 0 Å². The summed E-state index contributed by atoms with van der Waals surface area (Å²) in [5.41, 5.74) is 2.44. The van der Waals surface area contributed by atoms with Gasteiger partial charge in [0.15, 0.2) is 0 Å². The van der Waals surface area contributed by atoms with Crippen molar-refractivity contribution >= 4 is 34.4 Å². The predicted octanol–water partition coefficient (Wildman–Crippen LogP) is 4.09. The summed E-state index contributed by atoms with van der Waals surface area (Å²) in [6, 6.07) is 9.49. The molecule has 9 heteroatoms. The summed E-state index contributed by atoms with van der Waals surface area (Å²) in [6.45, 7) is 0.460. The molecule has 1 aliphatic carbocycles. The molecule has 3 aromatic heterocycles. The number of hydrogen-bond donors (Lipinski definition) is 2. The van der Waals surface area contributed by atoms with Crippen molar-refractivity contribution in [1.29, 1.82) is 5.26 Å². The maximum absolute atomic E-state index is 12.3. The minimum absolute atomic E-state index is 0.275. The van der Waals surface area contributed by atoms with Crippen LogP contribution in [0.15, 0.2) is 53.4 Å². The number of furan rings is 1. The Bertz CT molecular complexity index is 1180. The minimum Gasteiger partial charge on any atom is -0.465 e. The number of carbonyl (C=O) groups excluding carboxylic acids is 2. The van der Waals surface area contributed by atoms with E-state index in [1.54, 1.807) is 30.6 Å². The lowest BCUT2D eigenvalue weighted by molar-refractivity contribution is -0.111. The molecule has 0 aliphatic heterocycles. The number of aromatic nitrogens is 1. The number of hydrogen-bond acceptors (Lipinski definition) is 7. The third kappa shape index (κ3) is 5.87. The molecule has 0 radical (unpaired) electrons. The zero-order valence-corrected chi connectivity index (χ0v) is 18.6. The van der Waals surface area contributed by atoms with Crippen molar-refractivity contribution < 1.29 is 18.7 Å². The van der Waals surface area contributed by atoms with E-state index in [2.05, 4.69) is 21.7 Å². The van der Waals surface area contributed by atoms with E-state index in [-0.39, 0.29) is 12.0 Å². The number of rotatable bonds is 7. The quantitative estimate of drug-likeness (QED) is 0.511. The highest BCUT2D eigenvalue weighted by molar-refractivity contribution is 7.16. The zero-order chi connectivity index (χ0) is 23.0. The molecular formula is C24H22N4O4S. The van der Waals surface area contributed by atoms with Gasteiger partial charge in [-0.3, -0.25) is 9.78 Å². The first-order chi connectivity index (χ1) is 16.1. The second-order valence-corrected chi connectivity index (χ2v) is 8.57. The van der Waals surface area contributed by atoms with Crippen LogP contribution in [0.4, 0.5) is 9.80 Å². The molecule has 0 bridgehead atoms. The highest BCUT2D eigenvalue weighted by Gasteiger charge is 2.28. The molecule has 0 aromatic carbocycles. The number of nitrogens with zero attached hydrogens (tertiary/aromatic N) is 2. The van der Waals surface area contributed by atoms with Crippen LogP contribution in [0.5, 0.6) is 0 Å². The van der Waals surface area contributed by atoms with Crippen molar-refractivity contribution in [2.45, 2.75) is 31.8 Å². The number of anilines is 1. The largest absolute Gasteiger partial charge is 0.465 e. The van der Waals surface area contributed by atoms with E-state index in [1.807, 2.05) is 12.1 Å². The van der Waals surface area contributed by atoms with E-state index in [1.165, 1.54) is 23.7 Å². The lowest BCUT2D eigenvalue weighted by Crippen LogP contribution is -2.33. The molecule has 2 amide bonds. The third-order valence-corrected chi connectivity index (χ3v) is 6.36. The van der Waals surface area contributed by atoms with Gasteiger partial charge in [-0.1, -0.05) is 6.07 Å². The number of thiophene rings is 1. The Morgan fingerprint density at radius 3 is 3.03 bits per heavy atom. The number of pyridine rings is 1. The van der Waals surface area contributed by atoms with Crippen molar-refractivity contribution in [2.24, 2.45) is 0 Å². The number of nitrogens with one attached hydrogen (secondary N) is 2. The molecule has 2 N–H and O–H groups in total. The second-order valence-electron chi connectivity index (χ2n) is 7.47. The monoisotopic (exact) mass is 462 g/mol. The van der Waals surface area contributed by atoms with Gasteiger partial charge in [-0.25, -0.2) is 4.79 Å². The van der Waals surface area contributed by atoms with Crippen molar-refractivity contribution in [3.8, 4) is 6.07 Å². The van der Waals surface area contributed by atoms with Crippen molar-refractivity contribution in [3.05, 3.63) is 76.3 Å². The van der Waals surface area contributed by atoms with Gasteiger partial charge in [0, 0.05) is 36.3 Å². The van der Waals surface area contributed by atoms with Crippen molar-refractivity contribution in [1.82, 2.24) is 10.3 Å².